The first-order chi connectivity index (χ1) is 27.9. The van der Waals surface area contributed by atoms with Crippen LogP contribution in [0.1, 0.15) is 58.8 Å². The third kappa shape index (κ3) is 11.3. The highest BCUT2D eigenvalue weighted by atomic mass is 16.6. The summed E-state index contributed by atoms with van der Waals surface area (Å²) < 4.78 is 28.5. The van der Waals surface area contributed by atoms with Crippen LogP contribution in [0.3, 0.4) is 0 Å². The first-order valence-corrected chi connectivity index (χ1v) is 19.6. The number of hydrogen-bond donors (Lipinski definition) is 3. The third-order valence-electron chi connectivity index (χ3n) is 9.83. The fraction of sp³-hybridized carbons (Fsp3) is 0.356. The second-order valence-electron chi connectivity index (χ2n) is 13.6. The number of rotatable bonds is 22. The molecule has 4 aromatic rings. The van der Waals surface area contributed by atoms with Crippen molar-refractivity contribution in [3.8, 4) is 11.5 Å². The zero-order valence-corrected chi connectivity index (χ0v) is 32.4. The number of benzene rings is 4. The Bertz CT molecular complexity index is 1970. The predicted molar refractivity (Wildman–Crippen MR) is 217 cm³/mol. The van der Waals surface area contributed by atoms with Crippen molar-refractivity contribution >= 4 is 34.6 Å². The van der Waals surface area contributed by atoms with Gasteiger partial charge < -0.3 is 39.0 Å². The number of amides is 3. The average Bonchev–Trinajstić information content (AvgIpc) is 3.57. The lowest BCUT2D eigenvalue weighted by molar-refractivity contribution is -0.136. The normalized spacial score (nSPS) is 15.6. The van der Waals surface area contributed by atoms with Gasteiger partial charge >= 0.3 is 0 Å². The van der Waals surface area contributed by atoms with Crippen LogP contribution < -0.4 is 15.4 Å². The van der Waals surface area contributed by atoms with Gasteiger partial charge in [0.25, 0.3) is 5.91 Å². The fourth-order valence-electron chi connectivity index (χ4n) is 7.02. The smallest absolute Gasteiger partial charge is 0.255 e. The summed E-state index contributed by atoms with van der Waals surface area (Å²) in [6, 6.07) is 30.6. The Hall–Kier alpha value is -5.53. The number of carbonyl (C=O) groups excluding carboxylic acids is 3. The lowest BCUT2D eigenvalue weighted by atomic mass is 9.88. The summed E-state index contributed by atoms with van der Waals surface area (Å²) in [6.07, 6.45) is 1.41. The van der Waals surface area contributed by atoms with Crippen molar-refractivity contribution < 1.29 is 43.2 Å². The number of aromatic hydroxyl groups is 1. The third-order valence-corrected chi connectivity index (χ3v) is 9.83. The predicted octanol–water partition coefficient (Wildman–Crippen LogP) is 6.08. The Kier molecular flexibility index (Phi) is 15.2. The number of anilines is 1. The van der Waals surface area contributed by atoms with Gasteiger partial charge in [-0.15, -0.1) is 0 Å². The maximum absolute atomic E-state index is 13.0. The van der Waals surface area contributed by atoms with Crippen molar-refractivity contribution in [2.45, 2.75) is 38.8 Å². The molecule has 6 rings (SSSR count). The van der Waals surface area contributed by atoms with E-state index >= 15 is 0 Å². The molecule has 12 heteroatoms. The lowest BCUT2D eigenvalue weighted by Gasteiger charge is -2.29. The summed E-state index contributed by atoms with van der Waals surface area (Å²) in [7, 11) is 0. The van der Waals surface area contributed by atoms with Gasteiger partial charge in [0.1, 0.15) is 24.1 Å². The van der Waals surface area contributed by atoms with E-state index in [-0.39, 0.29) is 24.0 Å². The van der Waals surface area contributed by atoms with E-state index in [0.29, 0.717) is 84.5 Å². The molecule has 0 aliphatic carbocycles. The summed E-state index contributed by atoms with van der Waals surface area (Å²) >= 11 is 0. The maximum Gasteiger partial charge on any atom is 0.255 e. The molecule has 0 bridgehead atoms. The molecule has 0 radical (unpaired) electrons. The molecular weight excluding hydrogens is 727 g/mol. The van der Waals surface area contributed by atoms with Crippen LogP contribution in [0, 0.1) is 0 Å². The molecular formula is C45H51N3O9. The molecule has 0 aromatic heterocycles. The number of imide groups is 1. The molecule has 12 nitrogen and oxygen atoms in total. The summed E-state index contributed by atoms with van der Waals surface area (Å²) in [5, 5.41) is 15.6. The Morgan fingerprint density at radius 3 is 1.96 bits per heavy atom. The van der Waals surface area contributed by atoms with Crippen LogP contribution in [0.4, 0.5) is 5.69 Å². The first kappa shape index (κ1) is 41.1. The molecule has 0 spiro atoms. The Balaban J connectivity index is 0.799. The highest BCUT2D eigenvalue weighted by Crippen LogP contribution is 2.36. The second kappa shape index (κ2) is 21.1. The minimum atomic E-state index is -0.642. The minimum Gasteiger partial charge on any atom is -0.508 e. The molecule has 1 saturated heterocycles. The number of carbonyl (C=O) groups is 3. The lowest BCUT2D eigenvalue weighted by Crippen LogP contribution is -2.52. The van der Waals surface area contributed by atoms with Gasteiger partial charge in [-0.05, 0) is 77.1 Å². The van der Waals surface area contributed by atoms with E-state index in [9.17, 15) is 19.5 Å². The van der Waals surface area contributed by atoms with Crippen molar-refractivity contribution in [1.29, 1.82) is 0 Å². The maximum atomic E-state index is 13.0. The van der Waals surface area contributed by atoms with E-state index < -0.39 is 11.9 Å². The number of piperidine rings is 1. The van der Waals surface area contributed by atoms with Crippen LogP contribution in [0.25, 0.3) is 11.1 Å². The Labute approximate surface area is 333 Å². The van der Waals surface area contributed by atoms with Gasteiger partial charge in [-0.1, -0.05) is 67.6 Å². The molecule has 1 atom stereocenters. The van der Waals surface area contributed by atoms with Crippen LogP contribution in [0.2, 0.25) is 0 Å². The van der Waals surface area contributed by atoms with Gasteiger partial charge in [0.2, 0.25) is 11.8 Å². The van der Waals surface area contributed by atoms with Crippen LogP contribution in [-0.4, -0.2) is 99.8 Å². The summed E-state index contributed by atoms with van der Waals surface area (Å²) in [5.41, 5.74) is 7.87. The van der Waals surface area contributed by atoms with Gasteiger partial charge in [0.05, 0.1) is 52.9 Å². The zero-order valence-electron chi connectivity index (χ0n) is 32.4. The summed E-state index contributed by atoms with van der Waals surface area (Å²) in [4.78, 5) is 38.4. The molecule has 4 aromatic carbocycles. The Morgan fingerprint density at radius 1 is 0.719 bits per heavy atom. The molecule has 2 aliphatic heterocycles. The number of ether oxygens (including phenoxy) is 5. The van der Waals surface area contributed by atoms with Gasteiger partial charge in [0, 0.05) is 36.3 Å². The van der Waals surface area contributed by atoms with Gasteiger partial charge in [-0.25, -0.2) is 0 Å². The molecule has 300 valence electrons. The molecule has 2 heterocycles. The van der Waals surface area contributed by atoms with Crippen LogP contribution in [0.5, 0.6) is 11.5 Å². The van der Waals surface area contributed by atoms with Gasteiger partial charge in [-0.2, -0.15) is 0 Å². The van der Waals surface area contributed by atoms with Crippen LogP contribution >= 0.6 is 0 Å². The minimum absolute atomic E-state index is 0.197. The van der Waals surface area contributed by atoms with Crippen molar-refractivity contribution in [1.82, 2.24) is 10.2 Å². The van der Waals surface area contributed by atoms with Crippen molar-refractivity contribution in [3.63, 3.8) is 0 Å². The monoisotopic (exact) mass is 777 g/mol. The molecule has 2 aliphatic rings. The topological polar surface area (TPSA) is 145 Å². The van der Waals surface area contributed by atoms with E-state index in [1.165, 1.54) is 11.1 Å². The van der Waals surface area contributed by atoms with Crippen molar-refractivity contribution in [2.75, 3.05) is 71.3 Å². The molecule has 3 N–H and O–H groups in total. The van der Waals surface area contributed by atoms with Gasteiger partial charge in [-0.3, -0.25) is 19.7 Å². The highest BCUT2D eigenvalue weighted by molar-refractivity contribution is 6.06. The number of allylic oxidation sites excluding steroid dienone is 1. The number of fused-ring (bicyclic) bond motifs is 1. The van der Waals surface area contributed by atoms with E-state index in [1.54, 1.807) is 23.1 Å². The van der Waals surface area contributed by atoms with Crippen molar-refractivity contribution in [2.24, 2.45) is 0 Å². The van der Waals surface area contributed by atoms with E-state index in [0.717, 1.165) is 40.1 Å². The Morgan fingerprint density at radius 2 is 1.33 bits per heavy atom. The highest BCUT2D eigenvalue weighted by Gasteiger charge is 2.39. The largest absolute Gasteiger partial charge is 0.508 e. The zero-order chi connectivity index (χ0) is 39.8. The molecule has 1 fully saturated rings. The fourth-order valence-corrected chi connectivity index (χ4v) is 7.02. The van der Waals surface area contributed by atoms with Crippen LogP contribution in [-0.2, 0) is 35.1 Å². The van der Waals surface area contributed by atoms with E-state index in [1.807, 2.05) is 54.6 Å². The second-order valence-corrected chi connectivity index (χ2v) is 13.6. The SMILES string of the molecule is CC/C(=C(\c1ccc(O)cc1)c1ccc(OCCOCCOCCOCCOCCNc2cccc3c2CN(C2CCC(=O)NC2=O)C3=O)cc1)c1ccccc1. The summed E-state index contributed by atoms with van der Waals surface area (Å²) in [6.45, 7) is 7.00. The van der Waals surface area contributed by atoms with E-state index in [4.69, 9.17) is 23.7 Å². The number of phenolic OH excluding ortho intramolecular Hbond substituents is 1. The first-order valence-electron chi connectivity index (χ1n) is 19.6. The number of nitrogens with one attached hydrogen (secondary N) is 2. The average molecular weight is 778 g/mol. The number of nitrogens with zero attached hydrogens (tertiary/aromatic N) is 1. The number of hydrogen-bond acceptors (Lipinski definition) is 10. The van der Waals surface area contributed by atoms with Gasteiger partial charge in [0.15, 0.2) is 0 Å². The standard InChI is InChI=1S/C45H51N3O9/c1-2-37(32-7-4-3-5-8-32)43(33-11-15-35(49)16-12-33)34-13-17-36(18-14-34)57-30-29-56-28-27-55-26-25-54-24-23-53-22-21-46-40-10-6-9-38-39(40)31-48(45(38)52)41-19-20-42(50)47-44(41)51/h3-18,41,46,49H,2,19-31H2,1H3,(H,47,50,51)/b43-37-. The summed E-state index contributed by atoms with van der Waals surface area (Å²) in [5.74, 6) is 0.0772. The van der Waals surface area contributed by atoms with Crippen molar-refractivity contribution in [3.05, 3.63) is 125 Å². The number of phenols is 1. The molecule has 0 saturated carbocycles. The molecule has 3 amide bonds. The quantitative estimate of drug-likeness (QED) is 0.0488. The van der Waals surface area contributed by atoms with E-state index in [2.05, 4.69) is 41.8 Å². The van der Waals surface area contributed by atoms with Crippen LogP contribution in [0.15, 0.2) is 97.1 Å². The molecule has 1 unspecified atom stereocenters. The molecule has 57 heavy (non-hydrogen) atoms.